The lowest BCUT2D eigenvalue weighted by Gasteiger charge is -2.07. The molecule has 0 bridgehead atoms. The van der Waals surface area contributed by atoms with E-state index in [1.807, 2.05) is 6.07 Å². The Morgan fingerprint density at radius 2 is 2.05 bits per heavy atom. The molecule has 1 aliphatic carbocycles. The first-order valence-electron chi connectivity index (χ1n) is 7.25. The smallest absolute Gasteiger partial charge is 0.224 e. The Balaban J connectivity index is 1.59. The van der Waals surface area contributed by atoms with E-state index in [2.05, 4.69) is 57.9 Å². The number of benzene rings is 1. The second-order valence-electron chi connectivity index (χ2n) is 5.20. The van der Waals surface area contributed by atoms with Gasteiger partial charge in [-0.15, -0.1) is 0 Å². The van der Waals surface area contributed by atoms with Crippen LogP contribution in [0.2, 0.25) is 0 Å². The molecule has 1 heterocycles. The van der Waals surface area contributed by atoms with Gasteiger partial charge in [0.1, 0.15) is 5.82 Å². The molecule has 104 valence electrons. The predicted octanol–water partition coefficient (Wildman–Crippen LogP) is 3.27. The monoisotopic (exact) mass is 268 g/mol. The van der Waals surface area contributed by atoms with Crippen LogP contribution in [0.15, 0.2) is 42.6 Å². The van der Waals surface area contributed by atoms with Gasteiger partial charge in [0.2, 0.25) is 5.95 Å². The molecule has 2 unspecified atom stereocenters. The first kappa shape index (κ1) is 12.9. The van der Waals surface area contributed by atoms with Crippen LogP contribution in [0.25, 0.3) is 0 Å². The zero-order chi connectivity index (χ0) is 13.8. The summed E-state index contributed by atoms with van der Waals surface area (Å²) in [6.07, 6.45) is 4.04. The van der Waals surface area contributed by atoms with E-state index in [1.165, 1.54) is 12.0 Å². The maximum Gasteiger partial charge on any atom is 0.224 e. The Morgan fingerprint density at radius 1 is 1.20 bits per heavy atom. The van der Waals surface area contributed by atoms with Crippen LogP contribution in [0.4, 0.5) is 11.8 Å². The van der Waals surface area contributed by atoms with E-state index in [0.717, 1.165) is 18.8 Å². The van der Waals surface area contributed by atoms with Crippen molar-refractivity contribution in [3.63, 3.8) is 0 Å². The van der Waals surface area contributed by atoms with Gasteiger partial charge in [0, 0.05) is 24.7 Å². The summed E-state index contributed by atoms with van der Waals surface area (Å²) >= 11 is 0. The van der Waals surface area contributed by atoms with Crippen LogP contribution in [0.3, 0.4) is 0 Å². The molecule has 1 aromatic carbocycles. The van der Waals surface area contributed by atoms with Crippen molar-refractivity contribution in [2.75, 3.05) is 17.2 Å². The molecule has 1 fully saturated rings. The van der Waals surface area contributed by atoms with E-state index in [1.54, 1.807) is 6.20 Å². The number of rotatable bonds is 6. The Morgan fingerprint density at radius 3 is 2.85 bits per heavy atom. The summed E-state index contributed by atoms with van der Waals surface area (Å²) in [6.45, 7) is 3.03. The van der Waals surface area contributed by atoms with Crippen LogP contribution in [0.5, 0.6) is 0 Å². The standard InChI is InChI=1S/C16H20N4/c1-2-9-17-16-18-10-8-15(20-16)19-14-11-13(14)12-6-4-3-5-7-12/h3-8,10,13-14H,2,9,11H2,1H3,(H2,17,18,19,20). The van der Waals surface area contributed by atoms with Crippen LogP contribution in [0, 0.1) is 0 Å². The fourth-order valence-electron chi connectivity index (χ4n) is 2.37. The molecule has 0 saturated heterocycles. The Kier molecular flexibility index (Phi) is 3.81. The normalized spacial score (nSPS) is 20.4. The van der Waals surface area contributed by atoms with E-state index in [0.29, 0.717) is 17.9 Å². The van der Waals surface area contributed by atoms with E-state index in [4.69, 9.17) is 0 Å². The van der Waals surface area contributed by atoms with Crippen molar-refractivity contribution in [2.24, 2.45) is 0 Å². The minimum atomic E-state index is 0.492. The van der Waals surface area contributed by atoms with Crippen molar-refractivity contribution in [3.8, 4) is 0 Å². The lowest BCUT2D eigenvalue weighted by Crippen LogP contribution is -2.09. The minimum Gasteiger partial charge on any atom is -0.367 e. The van der Waals surface area contributed by atoms with Crippen LogP contribution in [-0.2, 0) is 0 Å². The number of hydrogen-bond donors (Lipinski definition) is 2. The van der Waals surface area contributed by atoms with Crippen molar-refractivity contribution in [3.05, 3.63) is 48.2 Å². The molecule has 0 radical (unpaired) electrons. The predicted molar refractivity (Wildman–Crippen MR) is 82.0 cm³/mol. The fraction of sp³-hybridized carbons (Fsp3) is 0.375. The zero-order valence-electron chi connectivity index (χ0n) is 11.7. The van der Waals surface area contributed by atoms with Gasteiger partial charge in [0.15, 0.2) is 0 Å². The molecule has 2 aromatic rings. The molecule has 4 heteroatoms. The van der Waals surface area contributed by atoms with E-state index in [-0.39, 0.29) is 0 Å². The summed E-state index contributed by atoms with van der Waals surface area (Å²) in [5.74, 6) is 2.22. The van der Waals surface area contributed by atoms with Gasteiger partial charge in [0.05, 0.1) is 0 Å². The zero-order valence-corrected chi connectivity index (χ0v) is 11.7. The van der Waals surface area contributed by atoms with Gasteiger partial charge in [0.25, 0.3) is 0 Å². The second-order valence-corrected chi connectivity index (χ2v) is 5.20. The average molecular weight is 268 g/mol. The van der Waals surface area contributed by atoms with Crippen LogP contribution >= 0.6 is 0 Å². The maximum absolute atomic E-state index is 4.49. The van der Waals surface area contributed by atoms with Crippen molar-refractivity contribution in [1.29, 1.82) is 0 Å². The first-order valence-corrected chi connectivity index (χ1v) is 7.25. The highest BCUT2D eigenvalue weighted by Gasteiger charge is 2.38. The van der Waals surface area contributed by atoms with Gasteiger partial charge in [-0.05, 0) is 24.5 Å². The molecule has 1 aliphatic rings. The third kappa shape index (κ3) is 3.07. The van der Waals surface area contributed by atoms with Gasteiger partial charge in [-0.3, -0.25) is 0 Å². The van der Waals surface area contributed by atoms with E-state index >= 15 is 0 Å². The highest BCUT2D eigenvalue weighted by atomic mass is 15.1. The molecule has 4 nitrogen and oxygen atoms in total. The van der Waals surface area contributed by atoms with Crippen LogP contribution in [-0.4, -0.2) is 22.6 Å². The largest absolute Gasteiger partial charge is 0.367 e. The number of anilines is 2. The van der Waals surface area contributed by atoms with Crippen LogP contribution in [0.1, 0.15) is 31.2 Å². The lowest BCUT2D eigenvalue weighted by molar-refractivity contribution is 0.948. The molecule has 1 aromatic heterocycles. The molecule has 0 amide bonds. The van der Waals surface area contributed by atoms with Crippen LogP contribution < -0.4 is 10.6 Å². The molecule has 2 atom stereocenters. The van der Waals surface area contributed by atoms with Crippen molar-refractivity contribution < 1.29 is 0 Å². The molecule has 1 saturated carbocycles. The highest BCUT2D eigenvalue weighted by Crippen LogP contribution is 2.42. The molecule has 20 heavy (non-hydrogen) atoms. The SMILES string of the molecule is CCCNc1nccc(NC2CC2c2ccccc2)n1. The third-order valence-corrected chi connectivity index (χ3v) is 3.54. The number of aromatic nitrogens is 2. The lowest BCUT2D eigenvalue weighted by atomic mass is 10.1. The molecule has 3 rings (SSSR count). The molecular formula is C16H20N4. The summed E-state index contributed by atoms with van der Waals surface area (Å²) in [7, 11) is 0. The summed E-state index contributed by atoms with van der Waals surface area (Å²) in [6, 6.07) is 13.1. The number of nitrogens with zero attached hydrogens (tertiary/aromatic N) is 2. The van der Waals surface area contributed by atoms with Crippen molar-refractivity contribution in [1.82, 2.24) is 9.97 Å². The Hall–Kier alpha value is -2.10. The Labute approximate surface area is 119 Å². The summed E-state index contributed by atoms with van der Waals surface area (Å²) < 4.78 is 0. The fourth-order valence-corrected chi connectivity index (χ4v) is 2.37. The molecular weight excluding hydrogens is 248 g/mol. The Bertz CT molecular complexity index is 555. The van der Waals surface area contributed by atoms with Gasteiger partial charge < -0.3 is 10.6 Å². The molecule has 2 N–H and O–H groups in total. The highest BCUT2D eigenvalue weighted by molar-refractivity contribution is 5.44. The first-order chi connectivity index (χ1) is 9.86. The summed E-state index contributed by atoms with van der Waals surface area (Å²) in [5, 5.41) is 6.70. The quantitative estimate of drug-likeness (QED) is 0.844. The second kappa shape index (κ2) is 5.90. The van der Waals surface area contributed by atoms with Gasteiger partial charge in [-0.25, -0.2) is 4.98 Å². The minimum absolute atomic E-state index is 0.492. The van der Waals surface area contributed by atoms with Crippen molar-refractivity contribution >= 4 is 11.8 Å². The number of hydrogen-bond acceptors (Lipinski definition) is 4. The van der Waals surface area contributed by atoms with Gasteiger partial charge >= 0.3 is 0 Å². The molecule has 0 aliphatic heterocycles. The van der Waals surface area contributed by atoms with Gasteiger partial charge in [-0.1, -0.05) is 37.3 Å². The topological polar surface area (TPSA) is 49.8 Å². The number of nitrogens with one attached hydrogen (secondary N) is 2. The van der Waals surface area contributed by atoms with Gasteiger partial charge in [-0.2, -0.15) is 4.98 Å². The summed E-state index contributed by atoms with van der Waals surface area (Å²) in [4.78, 5) is 8.70. The van der Waals surface area contributed by atoms with E-state index < -0.39 is 0 Å². The third-order valence-electron chi connectivity index (χ3n) is 3.54. The average Bonchev–Trinajstić information content (AvgIpc) is 3.26. The molecule has 0 spiro atoms. The summed E-state index contributed by atoms with van der Waals surface area (Å²) in [5.41, 5.74) is 1.41. The maximum atomic E-state index is 4.49. The van der Waals surface area contributed by atoms with E-state index in [9.17, 15) is 0 Å². The van der Waals surface area contributed by atoms with Crippen molar-refractivity contribution in [2.45, 2.75) is 31.7 Å².